The number of nitrogens with zero attached hydrogens (tertiary/aromatic N) is 2. The predicted molar refractivity (Wildman–Crippen MR) is 81.2 cm³/mol. The second kappa shape index (κ2) is 7.28. The van der Waals surface area contributed by atoms with E-state index in [2.05, 4.69) is 44.4 Å². The Morgan fingerprint density at radius 3 is 2.16 bits per heavy atom. The monoisotopic (exact) mass is 268 g/mol. The Hall–Kier alpha value is -0.570. The molecule has 1 saturated heterocycles. The number of likely N-dealkylation sites (tertiary alicyclic amines) is 1. The van der Waals surface area contributed by atoms with Gasteiger partial charge in [0.2, 0.25) is 5.91 Å². The maximum atomic E-state index is 12.4. The molecular formula is C16H32N2O. The minimum Gasteiger partial charge on any atom is -0.343 e. The van der Waals surface area contributed by atoms with E-state index in [1.54, 1.807) is 0 Å². The number of hydrogen-bond acceptors (Lipinski definition) is 2. The van der Waals surface area contributed by atoms with Gasteiger partial charge in [0.25, 0.3) is 0 Å². The van der Waals surface area contributed by atoms with Crippen molar-refractivity contribution < 1.29 is 4.79 Å². The third kappa shape index (κ3) is 4.20. The van der Waals surface area contributed by atoms with E-state index in [9.17, 15) is 4.79 Å². The Labute approximate surface area is 119 Å². The molecule has 0 aliphatic carbocycles. The van der Waals surface area contributed by atoms with E-state index >= 15 is 0 Å². The third-order valence-electron chi connectivity index (χ3n) is 4.97. The van der Waals surface area contributed by atoms with E-state index in [-0.39, 0.29) is 5.54 Å². The summed E-state index contributed by atoms with van der Waals surface area (Å²) >= 11 is 0. The first-order valence-electron chi connectivity index (χ1n) is 7.96. The molecule has 3 nitrogen and oxygen atoms in total. The molecule has 1 fully saturated rings. The first-order chi connectivity index (χ1) is 8.93. The zero-order valence-electron chi connectivity index (χ0n) is 13.5. The normalized spacial score (nSPS) is 18.7. The number of hydrogen-bond donors (Lipinski definition) is 0. The minimum absolute atomic E-state index is 0.0922. The van der Waals surface area contributed by atoms with E-state index in [1.807, 2.05) is 0 Å². The van der Waals surface area contributed by atoms with E-state index in [1.165, 1.54) is 19.3 Å². The molecule has 1 aliphatic rings. The standard InChI is InChI=1S/C16H32N2O/c1-6-18(7-2)16(4,5)14(3)13-15(19)17-11-9-8-10-12-17/h14H,6-13H2,1-5H3. The minimum atomic E-state index is 0.0922. The SMILES string of the molecule is CCN(CC)C(C)(C)C(C)CC(=O)N1CCCCC1. The molecule has 112 valence electrons. The van der Waals surface area contributed by atoms with Gasteiger partial charge in [0.15, 0.2) is 0 Å². The highest BCUT2D eigenvalue weighted by Crippen LogP contribution is 2.27. The van der Waals surface area contributed by atoms with E-state index in [0.717, 1.165) is 26.2 Å². The number of rotatable bonds is 6. The summed E-state index contributed by atoms with van der Waals surface area (Å²) in [6, 6.07) is 0. The van der Waals surface area contributed by atoms with Crippen molar-refractivity contribution in [2.24, 2.45) is 5.92 Å². The second-order valence-electron chi connectivity index (χ2n) is 6.37. The molecule has 0 aromatic rings. The lowest BCUT2D eigenvalue weighted by Gasteiger charge is -2.42. The molecule has 3 heteroatoms. The summed E-state index contributed by atoms with van der Waals surface area (Å²) in [7, 11) is 0. The van der Waals surface area contributed by atoms with Crippen LogP contribution in [-0.4, -0.2) is 47.4 Å². The zero-order valence-corrected chi connectivity index (χ0v) is 13.5. The lowest BCUT2D eigenvalue weighted by Crippen LogP contribution is -2.50. The molecule has 1 heterocycles. The Balaban J connectivity index is 2.56. The fourth-order valence-electron chi connectivity index (χ4n) is 3.13. The van der Waals surface area contributed by atoms with Crippen LogP contribution in [0.15, 0.2) is 0 Å². The van der Waals surface area contributed by atoms with Crippen molar-refractivity contribution in [1.29, 1.82) is 0 Å². The smallest absolute Gasteiger partial charge is 0.222 e. The Kier molecular flexibility index (Phi) is 6.31. The summed E-state index contributed by atoms with van der Waals surface area (Å²) in [5.41, 5.74) is 0.0922. The quantitative estimate of drug-likeness (QED) is 0.739. The molecule has 0 aromatic carbocycles. The van der Waals surface area contributed by atoms with Crippen molar-refractivity contribution in [3.8, 4) is 0 Å². The molecule has 1 amide bonds. The van der Waals surface area contributed by atoms with Crippen molar-refractivity contribution in [3.05, 3.63) is 0 Å². The summed E-state index contributed by atoms with van der Waals surface area (Å²) in [6.45, 7) is 15.2. The molecular weight excluding hydrogens is 236 g/mol. The Morgan fingerprint density at radius 2 is 1.68 bits per heavy atom. The first-order valence-corrected chi connectivity index (χ1v) is 7.96. The van der Waals surface area contributed by atoms with Crippen LogP contribution in [0.5, 0.6) is 0 Å². The molecule has 1 aliphatic heterocycles. The highest BCUT2D eigenvalue weighted by molar-refractivity contribution is 5.76. The van der Waals surface area contributed by atoms with Crippen LogP contribution < -0.4 is 0 Å². The molecule has 0 saturated carbocycles. The molecule has 1 atom stereocenters. The second-order valence-corrected chi connectivity index (χ2v) is 6.37. The van der Waals surface area contributed by atoms with Crippen molar-refractivity contribution in [1.82, 2.24) is 9.80 Å². The molecule has 0 radical (unpaired) electrons. The Morgan fingerprint density at radius 1 is 1.16 bits per heavy atom. The van der Waals surface area contributed by atoms with Crippen molar-refractivity contribution in [2.45, 2.75) is 65.8 Å². The number of carbonyl (C=O) groups is 1. The van der Waals surface area contributed by atoms with Gasteiger partial charge in [-0.25, -0.2) is 0 Å². The van der Waals surface area contributed by atoms with Crippen molar-refractivity contribution in [2.75, 3.05) is 26.2 Å². The van der Waals surface area contributed by atoms with Gasteiger partial charge in [-0.3, -0.25) is 9.69 Å². The van der Waals surface area contributed by atoms with E-state index in [4.69, 9.17) is 0 Å². The fraction of sp³-hybridized carbons (Fsp3) is 0.938. The average molecular weight is 268 g/mol. The van der Waals surface area contributed by atoms with E-state index < -0.39 is 0 Å². The molecule has 0 bridgehead atoms. The van der Waals surface area contributed by atoms with Crippen molar-refractivity contribution in [3.63, 3.8) is 0 Å². The van der Waals surface area contributed by atoms with Gasteiger partial charge in [0, 0.05) is 25.0 Å². The topological polar surface area (TPSA) is 23.6 Å². The lowest BCUT2D eigenvalue weighted by molar-refractivity contribution is -0.134. The summed E-state index contributed by atoms with van der Waals surface area (Å²) in [5, 5.41) is 0. The van der Waals surface area contributed by atoms with Crippen LogP contribution in [0.2, 0.25) is 0 Å². The molecule has 1 rings (SSSR count). The predicted octanol–water partition coefficient (Wildman–Crippen LogP) is 3.15. The average Bonchev–Trinajstić information content (AvgIpc) is 2.40. The van der Waals surface area contributed by atoms with Crippen LogP contribution in [-0.2, 0) is 4.79 Å². The lowest BCUT2D eigenvalue weighted by atomic mass is 9.84. The van der Waals surface area contributed by atoms with Gasteiger partial charge < -0.3 is 4.90 Å². The molecule has 0 N–H and O–H groups in total. The first kappa shape index (κ1) is 16.5. The summed E-state index contributed by atoms with van der Waals surface area (Å²) in [4.78, 5) is 16.9. The van der Waals surface area contributed by atoms with Gasteiger partial charge in [0.1, 0.15) is 0 Å². The molecule has 19 heavy (non-hydrogen) atoms. The number of carbonyl (C=O) groups excluding carboxylic acids is 1. The highest BCUT2D eigenvalue weighted by Gasteiger charge is 2.33. The number of piperidine rings is 1. The molecule has 0 aromatic heterocycles. The van der Waals surface area contributed by atoms with Gasteiger partial charge in [-0.15, -0.1) is 0 Å². The van der Waals surface area contributed by atoms with Crippen LogP contribution in [0.25, 0.3) is 0 Å². The van der Waals surface area contributed by atoms with Crippen LogP contribution >= 0.6 is 0 Å². The third-order valence-corrected chi connectivity index (χ3v) is 4.97. The van der Waals surface area contributed by atoms with Crippen LogP contribution in [0.1, 0.15) is 60.3 Å². The van der Waals surface area contributed by atoms with Crippen molar-refractivity contribution >= 4 is 5.91 Å². The Bertz CT molecular complexity index is 278. The summed E-state index contributed by atoms with van der Waals surface area (Å²) in [5.74, 6) is 0.745. The van der Waals surface area contributed by atoms with Gasteiger partial charge in [-0.1, -0.05) is 20.8 Å². The molecule has 0 spiro atoms. The van der Waals surface area contributed by atoms with Crippen LogP contribution in [0, 0.1) is 5.92 Å². The maximum Gasteiger partial charge on any atom is 0.222 e. The van der Waals surface area contributed by atoms with Gasteiger partial charge in [0.05, 0.1) is 0 Å². The largest absolute Gasteiger partial charge is 0.343 e. The van der Waals surface area contributed by atoms with Gasteiger partial charge in [-0.05, 0) is 52.1 Å². The van der Waals surface area contributed by atoms with Crippen LogP contribution in [0.4, 0.5) is 0 Å². The summed E-state index contributed by atoms with van der Waals surface area (Å²) in [6.07, 6.45) is 4.33. The maximum absolute atomic E-state index is 12.4. The zero-order chi connectivity index (χ0) is 14.5. The van der Waals surface area contributed by atoms with Gasteiger partial charge >= 0.3 is 0 Å². The van der Waals surface area contributed by atoms with Gasteiger partial charge in [-0.2, -0.15) is 0 Å². The fourth-order valence-corrected chi connectivity index (χ4v) is 3.13. The number of amides is 1. The highest BCUT2D eigenvalue weighted by atomic mass is 16.2. The van der Waals surface area contributed by atoms with Crippen LogP contribution in [0.3, 0.4) is 0 Å². The molecule has 1 unspecified atom stereocenters. The summed E-state index contributed by atoms with van der Waals surface area (Å²) < 4.78 is 0. The van der Waals surface area contributed by atoms with E-state index in [0.29, 0.717) is 18.2 Å².